The lowest BCUT2D eigenvalue weighted by atomic mass is 9.94. The molecular weight excluding hydrogens is 262 g/mol. The van der Waals surface area contributed by atoms with Crippen LogP contribution in [-0.2, 0) is 16.4 Å². The Morgan fingerprint density at radius 2 is 1.89 bits per heavy atom. The smallest absolute Gasteiger partial charge is 0.214 e. The molecule has 1 rings (SSSR count). The highest BCUT2D eigenvalue weighted by molar-refractivity contribution is 7.89. The van der Waals surface area contributed by atoms with Gasteiger partial charge in [0.05, 0.1) is 5.75 Å². The van der Waals surface area contributed by atoms with Crippen LogP contribution in [0.1, 0.15) is 19.4 Å². The van der Waals surface area contributed by atoms with E-state index >= 15 is 0 Å². The summed E-state index contributed by atoms with van der Waals surface area (Å²) in [4.78, 5) is 3.91. The molecule has 1 heterocycles. The average Bonchev–Trinajstić information content (AvgIpc) is 2.37. The van der Waals surface area contributed by atoms with Gasteiger partial charge in [0, 0.05) is 26.0 Å². The summed E-state index contributed by atoms with van der Waals surface area (Å²) >= 11 is 0. The van der Waals surface area contributed by atoms with Crippen LogP contribution in [0.15, 0.2) is 24.5 Å². The molecule has 0 saturated carbocycles. The lowest BCUT2D eigenvalue weighted by Gasteiger charge is -2.28. The minimum Gasteiger partial charge on any atom is -0.330 e. The molecule has 19 heavy (non-hydrogen) atoms. The maximum absolute atomic E-state index is 12.2. The van der Waals surface area contributed by atoms with Gasteiger partial charge in [0.15, 0.2) is 0 Å². The molecule has 0 bridgehead atoms. The van der Waals surface area contributed by atoms with E-state index in [9.17, 15) is 8.42 Å². The Morgan fingerprint density at radius 3 is 2.42 bits per heavy atom. The Kier molecular flexibility index (Phi) is 5.46. The van der Waals surface area contributed by atoms with E-state index in [2.05, 4.69) is 4.98 Å². The summed E-state index contributed by atoms with van der Waals surface area (Å²) in [5, 5.41) is 0. The molecule has 0 aliphatic carbocycles. The van der Waals surface area contributed by atoms with Crippen LogP contribution in [-0.4, -0.2) is 43.6 Å². The highest BCUT2D eigenvalue weighted by Gasteiger charge is 2.25. The monoisotopic (exact) mass is 285 g/mol. The van der Waals surface area contributed by atoms with Crippen molar-refractivity contribution >= 4 is 10.0 Å². The Balaban J connectivity index is 2.61. The zero-order valence-corrected chi connectivity index (χ0v) is 12.7. The molecule has 0 radical (unpaired) electrons. The van der Waals surface area contributed by atoms with Gasteiger partial charge in [0.2, 0.25) is 10.0 Å². The van der Waals surface area contributed by atoms with E-state index in [0.717, 1.165) is 5.56 Å². The van der Waals surface area contributed by atoms with Crippen LogP contribution in [0.4, 0.5) is 0 Å². The summed E-state index contributed by atoms with van der Waals surface area (Å²) < 4.78 is 25.7. The van der Waals surface area contributed by atoms with E-state index in [4.69, 9.17) is 5.73 Å². The number of nitrogens with two attached hydrogens (primary N) is 1. The average molecular weight is 285 g/mol. The molecule has 2 N–H and O–H groups in total. The normalized spacial score (nSPS) is 12.9. The summed E-state index contributed by atoms with van der Waals surface area (Å²) in [6.45, 7) is 4.81. The first-order chi connectivity index (χ1) is 8.77. The van der Waals surface area contributed by atoms with Gasteiger partial charge in [0.25, 0.3) is 0 Å². The highest BCUT2D eigenvalue weighted by atomic mass is 32.2. The van der Waals surface area contributed by atoms with Gasteiger partial charge in [-0.05, 0) is 36.1 Å². The van der Waals surface area contributed by atoms with E-state index < -0.39 is 10.0 Å². The molecule has 1 aromatic rings. The molecule has 1 aromatic heterocycles. The fourth-order valence-electron chi connectivity index (χ4n) is 1.72. The molecule has 0 aliphatic rings. The first-order valence-corrected chi connectivity index (χ1v) is 7.91. The number of nitrogens with zero attached hydrogens (tertiary/aromatic N) is 2. The van der Waals surface area contributed by atoms with Crippen molar-refractivity contribution < 1.29 is 8.42 Å². The van der Waals surface area contributed by atoms with Crippen molar-refractivity contribution in [3.63, 3.8) is 0 Å². The van der Waals surface area contributed by atoms with Gasteiger partial charge >= 0.3 is 0 Å². The maximum atomic E-state index is 12.2. The zero-order chi connectivity index (χ0) is 14.5. The Labute approximate surface area is 115 Å². The lowest BCUT2D eigenvalue weighted by Crippen LogP contribution is -2.40. The van der Waals surface area contributed by atoms with Crippen molar-refractivity contribution in [3.05, 3.63) is 30.1 Å². The van der Waals surface area contributed by atoms with Crippen molar-refractivity contribution in [1.82, 2.24) is 9.29 Å². The summed E-state index contributed by atoms with van der Waals surface area (Å²) in [5.41, 5.74) is 6.40. The molecule has 0 spiro atoms. The number of rotatable bonds is 7. The highest BCUT2D eigenvalue weighted by Crippen LogP contribution is 2.16. The van der Waals surface area contributed by atoms with Crippen LogP contribution in [0.2, 0.25) is 0 Å². The van der Waals surface area contributed by atoms with E-state index in [1.54, 1.807) is 19.4 Å². The summed E-state index contributed by atoms with van der Waals surface area (Å²) in [6.07, 6.45) is 3.84. The standard InChI is InChI=1S/C13H23N3O2S/c1-13(2,10-14)11-16(3)19(17,18)9-6-12-4-7-15-8-5-12/h4-5,7-8H,6,9-11,14H2,1-3H3. The van der Waals surface area contributed by atoms with Crippen molar-refractivity contribution in [2.75, 3.05) is 25.9 Å². The van der Waals surface area contributed by atoms with Crippen LogP contribution in [0.5, 0.6) is 0 Å². The molecule has 0 saturated heterocycles. The van der Waals surface area contributed by atoms with Crippen LogP contribution in [0.3, 0.4) is 0 Å². The first kappa shape index (κ1) is 16.1. The zero-order valence-electron chi connectivity index (χ0n) is 11.8. The lowest BCUT2D eigenvalue weighted by molar-refractivity contribution is 0.292. The molecule has 5 nitrogen and oxygen atoms in total. The molecule has 108 valence electrons. The van der Waals surface area contributed by atoms with E-state index in [0.29, 0.717) is 19.5 Å². The number of hydrogen-bond acceptors (Lipinski definition) is 4. The molecular formula is C13H23N3O2S. The number of aryl methyl sites for hydroxylation is 1. The van der Waals surface area contributed by atoms with Crippen molar-refractivity contribution in [2.24, 2.45) is 11.1 Å². The number of aromatic nitrogens is 1. The third kappa shape index (κ3) is 5.26. The van der Waals surface area contributed by atoms with Crippen LogP contribution in [0, 0.1) is 5.41 Å². The SMILES string of the molecule is CN(CC(C)(C)CN)S(=O)(=O)CCc1ccncc1. The molecule has 0 atom stereocenters. The Hall–Kier alpha value is -0.980. The summed E-state index contributed by atoms with van der Waals surface area (Å²) in [6, 6.07) is 3.67. The topological polar surface area (TPSA) is 76.3 Å². The second-order valence-electron chi connectivity index (χ2n) is 5.55. The minimum atomic E-state index is -3.24. The van der Waals surface area contributed by atoms with Crippen molar-refractivity contribution in [2.45, 2.75) is 20.3 Å². The third-order valence-electron chi connectivity index (χ3n) is 3.08. The van der Waals surface area contributed by atoms with E-state index in [1.165, 1.54) is 4.31 Å². The summed E-state index contributed by atoms with van der Waals surface area (Å²) in [7, 11) is -1.63. The van der Waals surface area contributed by atoms with Crippen molar-refractivity contribution in [3.8, 4) is 0 Å². The van der Waals surface area contributed by atoms with Crippen LogP contribution in [0.25, 0.3) is 0 Å². The predicted molar refractivity (Wildman–Crippen MR) is 77.2 cm³/mol. The number of sulfonamides is 1. The quantitative estimate of drug-likeness (QED) is 0.806. The Morgan fingerprint density at radius 1 is 1.32 bits per heavy atom. The molecule has 0 fully saturated rings. The fraction of sp³-hybridized carbons (Fsp3) is 0.615. The molecule has 0 aromatic carbocycles. The van der Waals surface area contributed by atoms with Gasteiger partial charge in [-0.1, -0.05) is 13.8 Å². The van der Waals surface area contributed by atoms with Gasteiger partial charge in [-0.2, -0.15) is 0 Å². The van der Waals surface area contributed by atoms with Gasteiger partial charge in [0.1, 0.15) is 0 Å². The molecule has 0 unspecified atom stereocenters. The van der Waals surface area contributed by atoms with Gasteiger partial charge in [-0.15, -0.1) is 0 Å². The third-order valence-corrected chi connectivity index (χ3v) is 4.88. The number of pyridine rings is 1. The minimum absolute atomic E-state index is 0.105. The second kappa shape index (κ2) is 6.45. The van der Waals surface area contributed by atoms with E-state index in [-0.39, 0.29) is 11.2 Å². The van der Waals surface area contributed by atoms with E-state index in [1.807, 2.05) is 26.0 Å². The second-order valence-corrected chi connectivity index (χ2v) is 7.74. The number of hydrogen-bond donors (Lipinski definition) is 1. The summed E-state index contributed by atoms with van der Waals surface area (Å²) in [5.74, 6) is 0.105. The van der Waals surface area contributed by atoms with Crippen molar-refractivity contribution in [1.29, 1.82) is 0 Å². The Bertz CT molecular complexity index is 486. The molecule has 0 aliphatic heterocycles. The van der Waals surface area contributed by atoms with Crippen LogP contribution >= 0.6 is 0 Å². The van der Waals surface area contributed by atoms with Crippen LogP contribution < -0.4 is 5.73 Å². The maximum Gasteiger partial charge on any atom is 0.214 e. The first-order valence-electron chi connectivity index (χ1n) is 6.30. The van der Waals surface area contributed by atoms with Gasteiger partial charge in [-0.25, -0.2) is 12.7 Å². The largest absolute Gasteiger partial charge is 0.330 e. The molecule has 0 amide bonds. The fourth-order valence-corrected chi connectivity index (χ4v) is 3.07. The van der Waals surface area contributed by atoms with Gasteiger partial charge in [-0.3, -0.25) is 4.98 Å². The van der Waals surface area contributed by atoms with Gasteiger partial charge < -0.3 is 5.73 Å². The predicted octanol–water partition coefficient (Wildman–Crippen LogP) is 0.871. The molecule has 6 heteroatoms.